The number of H-pyrrole nitrogens is 1. The number of imidazole rings is 2. The summed E-state index contributed by atoms with van der Waals surface area (Å²) in [7, 11) is 0. The van der Waals surface area contributed by atoms with Crippen molar-refractivity contribution in [3.63, 3.8) is 0 Å². The summed E-state index contributed by atoms with van der Waals surface area (Å²) in [6, 6.07) is 0. The van der Waals surface area contributed by atoms with Gasteiger partial charge >= 0.3 is 11.5 Å². The zero-order chi connectivity index (χ0) is 19.7. The minimum Gasteiger partial charge on any atom is -0.358 e. The summed E-state index contributed by atoms with van der Waals surface area (Å²) in [6.07, 6.45) is 2.84. The summed E-state index contributed by atoms with van der Waals surface area (Å²) < 4.78 is 4.56. The van der Waals surface area contributed by atoms with Gasteiger partial charge in [-0.25, -0.2) is 19.3 Å². The van der Waals surface area contributed by atoms with Crippen LogP contribution in [-0.4, -0.2) is 33.6 Å². The first-order chi connectivity index (χ1) is 12.9. The normalized spacial score (nSPS) is 11.4. The molecule has 0 aliphatic heterocycles. The quantitative estimate of drug-likeness (QED) is 0.487. The maximum atomic E-state index is 12.4. The molecule has 11 heteroatoms. The van der Waals surface area contributed by atoms with Gasteiger partial charge in [0.05, 0.1) is 0 Å². The van der Waals surface area contributed by atoms with Gasteiger partial charge in [-0.15, -0.1) is 0 Å². The molecular weight excluding hydrogens is 354 g/mol. The van der Waals surface area contributed by atoms with Crippen LogP contribution in [0.3, 0.4) is 0 Å². The van der Waals surface area contributed by atoms with E-state index in [4.69, 9.17) is 0 Å². The van der Waals surface area contributed by atoms with Crippen molar-refractivity contribution in [2.45, 2.75) is 53.2 Å². The molecule has 3 aromatic rings. The van der Waals surface area contributed by atoms with Gasteiger partial charge in [0, 0.05) is 20.0 Å². The predicted octanol–water partition coefficient (Wildman–Crippen LogP) is 1.17. The van der Waals surface area contributed by atoms with E-state index in [0.717, 1.165) is 12.8 Å². The molecule has 0 radical (unpaired) electrons. The zero-order valence-electron chi connectivity index (χ0n) is 15.4. The number of aromatic nitrogens is 6. The largest absolute Gasteiger partial charge is 0.358 e. The van der Waals surface area contributed by atoms with Gasteiger partial charge in [-0.3, -0.25) is 14.3 Å². The second-order valence-electron chi connectivity index (χ2n) is 6.22. The van der Waals surface area contributed by atoms with Crippen LogP contribution in [-0.2, 0) is 19.6 Å². The van der Waals surface area contributed by atoms with Crippen molar-refractivity contribution in [1.82, 2.24) is 28.7 Å². The Morgan fingerprint density at radius 1 is 1.22 bits per heavy atom. The number of aryl methyl sites for hydroxylation is 3. The Labute approximate surface area is 153 Å². The summed E-state index contributed by atoms with van der Waals surface area (Å²) in [4.78, 5) is 46.2. The van der Waals surface area contributed by atoms with E-state index < -0.39 is 16.2 Å². The monoisotopic (exact) mass is 375 g/mol. The number of nitro groups is 1. The topological polar surface area (TPSA) is 134 Å². The Balaban J connectivity index is 2.22. The number of aromatic amines is 1. The molecule has 0 unspecified atom stereocenters. The molecule has 0 aliphatic carbocycles. The molecule has 0 aliphatic rings. The highest BCUT2D eigenvalue weighted by atomic mass is 16.6. The maximum Gasteiger partial charge on any atom is 0.343 e. The van der Waals surface area contributed by atoms with Crippen molar-refractivity contribution in [3.05, 3.63) is 48.8 Å². The molecule has 0 fully saturated rings. The van der Waals surface area contributed by atoms with E-state index in [9.17, 15) is 19.7 Å². The van der Waals surface area contributed by atoms with E-state index in [1.807, 2.05) is 13.8 Å². The van der Waals surface area contributed by atoms with Crippen LogP contribution in [0.15, 0.2) is 15.8 Å². The molecule has 0 atom stereocenters. The van der Waals surface area contributed by atoms with Crippen molar-refractivity contribution in [1.29, 1.82) is 0 Å². The molecule has 0 bridgehead atoms. The first-order valence-electron chi connectivity index (χ1n) is 8.77. The van der Waals surface area contributed by atoms with Crippen molar-refractivity contribution in [2.24, 2.45) is 0 Å². The van der Waals surface area contributed by atoms with Crippen LogP contribution >= 0.6 is 0 Å². The second-order valence-corrected chi connectivity index (χ2v) is 6.22. The molecule has 3 heterocycles. The minimum atomic E-state index is -0.514. The molecule has 27 heavy (non-hydrogen) atoms. The SMILES string of the molecule is CCCCn1c(=O)[nH]c(=O)c2c1nc(Cn1c([N+](=O)[O-])cnc1C)n2CC. The minimum absolute atomic E-state index is 0.0755. The molecular formula is C16H21N7O4. The molecule has 0 saturated carbocycles. The van der Waals surface area contributed by atoms with E-state index in [1.54, 1.807) is 11.5 Å². The van der Waals surface area contributed by atoms with E-state index in [0.29, 0.717) is 35.9 Å². The third kappa shape index (κ3) is 3.15. The Bertz CT molecular complexity index is 1120. The van der Waals surface area contributed by atoms with E-state index in [1.165, 1.54) is 15.3 Å². The first kappa shape index (κ1) is 18.5. The number of hydrogen-bond acceptors (Lipinski definition) is 6. The number of fused-ring (bicyclic) bond motifs is 1. The van der Waals surface area contributed by atoms with Crippen LogP contribution in [0, 0.1) is 17.0 Å². The van der Waals surface area contributed by atoms with Gasteiger partial charge in [0.25, 0.3) is 5.56 Å². The lowest BCUT2D eigenvalue weighted by atomic mass is 10.3. The standard InChI is InChI=1S/C16H21N7O4/c1-4-6-7-21-14-13(15(24)19-16(21)25)20(5-2)11(18-14)9-22-10(3)17-8-12(22)23(26)27/h8H,4-7,9H2,1-3H3,(H,19,24,25). The predicted molar refractivity (Wildman–Crippen MR) is 97.9 cm³/mol. The fourth-order valence-electron chi connectivity index (χ4n) is 3.14. The molecule has 0 saturated heterocycles. The highest BCUT2D eigenvalue weighted by Crippen LogP contribution is 2.18. The van der Waals surface area contributed by atoms with Gasteiger partial charge in [-0.05, 0) is 18.3 Å². The number of hydrogen-bond donors (Lipinski definition) is 1. The average Bonchev–Trinajstić information content (AvgIpc) is 3.16. The van der Waals surface area contributed by atoms with Gasteiger partial charge in [-0.2, -0.15) is 0 Å². The van der Waals surface area contributed by atoms with Crippen LogP contribution in [0.4, 0.5) is 5.82 Å². The highest BCUT2D eigenvalue weighted by Gasteiger charge is 2.23. The molecule has 1 N–H and O–H groups in total. The van der Waals surface area contributed by atoms with Gasteiger partial charge in [-0.1, -0.05) is 13.3 Å². The Morgan fingerprint density at radius 3 is 2.59 bits per heavy atom. The molecule has 144 valence electrons. The number of nitrogens with zero attached hydrogens (tertiary/aromatic N) is 6. The molecule has 3 aromatic heterocycles. The Hall–Kier alpha value is -3.24. The van der Waals surface area contributed by atoms with Crippen LogP contribution in [0.25, 0.3) is 11.2 Å². The van der Waals surface area contributed by atoms with Crippen molar-refractivity contribution in [2.75, 3.05) is 0 Å². The van der Waals surface area contributed by atoms with Crippen LogP contribution in [0.5, 0.6) is 0 Å². The number of rotatable bonds is 7. The summed E-state index contributed by atoms with van der Waals surface area (Å²) in [5.41, 5.74) is -0.420. The maximum absolute atomic E-state index is 12.4. The Morgan fingerprint density at radius 2 is 1.96 bits per heavy atom. The summed E-state index contributed by atoms with van der Waals surface area (Å²) in [5.74, 6) is 0.770. The van der Waals surface area contributed by atoms with E-state index in [-0.39, 0.29) is 12.4 Å². The van der Waals surface area contributed by atoms with E-state index >= 15 is 0 Å². The lowest BCUT2D eigenvalue weighted by molar-refractivity contribution is -0.392. The highest BCUT2D eigenvalue weighted by molar-refractivity contribution is 5.71. The van der Waals surface area contributed by atoms with Crippen molar-refractivity contribution < 1.29 is 4.92 Å². The third-order valence-corrected chi connectivity index (χ3v) is 4.54. The third-order valence-electron chi connectivity index (χ3n) is 4.54. The number of nitrogens with one attached hydrogen (secondary N) is 1. The van der Waals surface area contributed by atoms with Gasteiger partial charge in [0.2, 0.25) is 0 Å². The van der Waals surface area contributed by atoms with Gasteiger partial charge in [0.15, 0.2) is 29.4 Å². The van der Waals surface area contributed by atoms with Crippen LogP contribution in [0.1, 0.15) is 38.3 Å². The van der Waals surface area contributed by atoms with Crippen LogP contribution in [0.2, 0.25) is 0 Å². The lowest BCUT2D eigenvalue weighted by Crippen LogP contribution is -2.31. The van der Waals surface area contributed by atoms with E-state index in [2.05, 4.69) is 15.0 Å². The summed E-state index contributed by atoms with van der Waals surface area (Å²) >= 11 is 0. The zero-order valence-corrected chi connectivity index (χ0v) is 15.4. The summed E-state index contributed by atoms with van der Waals surface area (Å²) in [6.45, 7) is 6.46. The van der Waals surface area contributed by atoms with Crippen molar-refractivity contribution >= 4 is 17.0 Å². The van der Waals surface area contributed by atoms with Gasteiger partial charge in [0.1, 0.15) is 6.20 Å². The van der Waals surface area contributed by atoms with Crippen molar-refractivity contribution in [3.8, 4) is 0 Å². The molecule has 3 rings (SSSR count). The second kappa shape index (κ2) is 7.17. The smallest absolute Gasteiger partial charge is 0.343 e. The number of unbranched alkanes of at least 4 members (excludes halogenated alkanes) is 1. The van der Waals surface area contributed by atoms with Gasteiger partial charge < -0.3 is 14.7 Å². The molecule has 0 spiro atoms. The fraction of sp³-hybridized carbons (Fsp3) is 0.500. The Kier molecular flexibility index (Phi) is 4.93. The first-order valence-corrected chi connectivity index (χ1v) is 8.77. The molecule has 0 amide bonds. The van der Waals surface area contributed by atoms with Crippen LogP contribution < -0.4 is 11.2 Å². The molecule has 11 nitrogen and oxygen atoms in total. The summed E-state index contributed by atoms with van der Waals surface area (Å²) in [5, 5.41) is 11.2. The lowest BCUT2D eigenvalue weighted by Gasteiger charge is -2.06. The fourth-order valence-corrected chi connectivity index (χ4v) is 3.14. The average molecular weight is 375 g/mol. The molecule has 0 aromatic carbocycles.